The molecule has 0 heterocycles. The fraction of sp³-hybridized carbons (Fsp3) is 0.750. The van der Waals surface area contributed by atoms with E-state index in [0.717, 1.165) is 0 Å². The molecule has 0 aliphatic heterocycles. The van der Waals surface area contributed by atoms with Gasteiger partial charge in [-0.3, -0.25) is 9.59 Å². The Morgan fingerprint density at radius 2 is 1.90 bits per heavy atom. The third-order valence-electron chi connectivity index (χ3n) is 2.68. The molecular weight excluding hydrogens is 268 g/mol. The van der Waals surface area contributed by atoms with Gasteiger partial charge in [0.05, 0.1) is 13.2 Å². The average Bonchev–Trinajstić information content (AvgIpc) is 2.42. The average molecular weight is 290 g/mol. The summed E-state index contributed by atoms with van der Waals surface area (Å²) in [6.45, 7) is 0.478. The van der Waals surface area contributed by atoms with Crippen molar-refractivity contribution < 1.29 is 29.0 Å². The topological polar surface area (TPSA) is 128 Å². The number of nitrogens with two attached hydrogens (primary N) is 1. The maximum absolute atomic E-state index is 11.7. The Balaban J connectivity index is 4.25. The molecule has 1 amide bonds. The molecule has 1 unspecified atom stereocenters. The normalized spacial score (nSPS) is 13.3. The highest BCUT2D eigenvalue weighted by Gasteiger charge is 2.23. The molecule has 0 radical (unpaired) electrons. The number of amides is 1. The molecule has 0 aromatic heterocycles. The van der Waals surface area contributed by atoms with Gasteiger partial charge in [0.25, 0.3) is 0 Å². The van der Waals surface area contributed by atoms with E-state index in [-0.39, 0.29) is 12.8 Å². The molecule has 0 aliphatic carbocycles. The number of nitrogens with one attached hydrogen (secondary N) is 1. The molecule has 4 N–H and O–H groups in total. The van der Waals surface area contributed by atoms with E-state index in [9.17, 15) is 14.4 Å². The molecule has 0 aliphatic rings. The molecule has 2 atom stereocenters. The lowest BCUT2D eigenvalue weighted by molar-refractivity contribution is -0.144. The van der Waals surface area contributed by atoms with Crippen LogP contribution in [0.3, 0.4) is 0 Å². The van der Waals surface area contributed by atoms with E-state index >= 15 is 0 Å². The second-order valence-corrected chi connectivity index (χ2v) is 4.26. The van der Waals surface area contributed by atoms with Gasteiger partial charge >= 0.3 is 11.9 Å². The SMILES string of the molecule is COCCCC(N)C(=O)N[C@@H](CCC(=O)OC)C(=O)O. The molecule has 116 valence electrons. The monoisotopic (exact) mass is 290 g/mol. The summed E-state index contributed by atoms with van der Waals surface area (Å²) in [6, 6.07) is -1.96. The van der Waals surface area contributed by atoms with E-state index in [4.69, 9.17) is 15.6 Å². The zero-order chi connectivity index (χ0) is 15.5. The number of ether oxygens (including phenoxy) is 2. The van der Waals surface area contributed by atoms with Crippen molar-refractivity contribution in [2.24, 2.45) is 5.73 Å². The van der Waals surface area contributed by atoms with Crippen LogP contribution in [0.2, 0.25) is 0 Å². The minimum atomic E-state index is -1.22. The highest BCUT2D eigenvalue weighted by molar-refractivity contribution is 5.87. The third-order valence-corrected chi connectivity index (χ3v) is 2.68. The number of methoxy groups -OCH3 is 2. The van der Waals surface area contributed by atoms with E-state index in [1.165, 1.54) is 7.11 Å². The fourth-order valence-electron chi connectivity index (χ4n) is 1.48. The number of carbonyl (C=O) groups is 3. The van der Waals surface area contributed by atoms with Gasteiger partial charge in [0.2, 0.25) is 5.91 Å². The second-order valence-electron chi connectivity index (χ2n) is 4.26. The minimum absolute atomic E-state index is 0.0431. The molecule has 8 heteroatoms. The van der Waals surface area contributed by atoms with Crippen LogP contribution in [0.1, 0.15) is 25.7 Å². The van der Waals surface area contributed by atoms with E-state index in [1.807, 2.05) is 0 Å². The lowest BCUT2D eigenvalue weighted by atomic mass is 10.1. The molecule has 0 spiro atoms. The van der Waals surface area contributed by atoms with Gasteiger partial charge in [-0.1, -0.05) is 0 Å². The first-order chi connectivity index (χ1) is 9.42. The standard InChI is InChI=1S/C12H22N2O6/c1-19-7-3-4-8(13)11(16)14-9(12(17)18)5-6-10(15)20-2/h8-9H,3-7,13H2,1-2H3,(H,14,16)(H,17,18)/t8?,9-/m0/s1. The van der Waals surface area contributed by atoms with Crippen molar-refractivity contribution in [3.63, 3.8) is 0 Å². The summed E-state index contributed by atoms with van der Waals surface area (Å²) in [6.07, 6.45) is 0.860. The largest absolute Gasteiger partial charge is 0.480 e. The van der Waals surface area contributed by atoms with E-state index in [1.54, 1.807) is 7.11 Å². The third kappa shape index (κ3) is 7.70. The number of rotatable bonds is 10. The Labute approximate surface area is 117 Å². The van der Waals surface area contributed by atoms with Crippen molar-refractivity contribution >= 4 is 17.8 Å². The molecule has 20 heavy (non-hydrogen) atoms. The second kappa shape index (κ2) is 10.2. The highest BCUT2D eigenvalue weighted by atomic mass is 16.5. The molecule has 0 saturated heterocycles. The van der Waals surface area contributed by atoms with Crippen LogP contribution in [0.25, 0.3) is 0 Å². The quantitative estimate of drug-likeness (QED) is 0.357. The van der Waals surface area contributed by atoms with Gasteiger partial charge in [-0.25, -0.2) is 4.79 Å². The van der Waals surface area contributed by atoms with Crippen molar-refractivity contribution in [1.29, 1.82) is 0 Å². The lowest BCUT2D eigenvalue weighted by Crippen LogP contribution is -2.48. The molecule has 0 saturated carbocycles. The summed E-state index contributed by atoms with van der Waals surface area (Å²) >= 11 is 0. The summed E-state index contributed by atoms with van der Waals surface area (Å²) < 4.78 is 9.25. The number of carboxylic acid groups (broad SMARTS) is 1. The maximum atomic E-state index is 11.7. The van der Waals surface area contributed by atoms with Crippen LogP contribution in [0.15, 0.2) is 0 Å². The summed E-state index contributed by atoms with van der Waals surface area (Å²) in [7, 11) is 2.75. The Hall–Kier alpha value is -1.67. The van der Waals surface area contributed by atoms with Crippen molar-refractivity contribution in [2.45, 2.75) is 37.8 Å². The zero-order valence-electron chi connectivity index (χ0n) is 11.8. The van der Waals surface area contributed by atoms with Crippen LogP contribution in [0.4, 0.5) is 0 Å². The van der Waals surface area contributed by atoms with E-state index in [2.05, 4.69) is 10.1 Å². The number of aliphatic carboxylic acids is 1. The van der Waals surface area contributed by atoms with Crippen LogP contribution in [0, 0.1) is 0 Å². The summed E-state index contributed by atoms with van der Waals surface area (Å²) in [5.41, 5.74) is 5.64. The smallest absolute Gasteiger partial charge is 0.326 e. The van der Waals surface area contributed by atoms with Crippen LogP contribution >= 0.6 is 0 Å². The number of esters is 1. The van der Waals surface area contributed by atoms with Gasteiger partial charge in [0, 0.05) is 20.1 Å². The highest BCUT2D eigenvalue weighted by Crippen LogP contribution is 2.02. The number of hydrogen-bond acceptors (Lipinski definition) is 6. The van der Waals surface area contributed by atoms with Gasteiger partial charge in [-0.2, -0.15) is 0 Å². The Morgan fingerprint density at radius 3 is 2.40 bits per heavy atom. The predicted molar refractivity (Wildman–Crippen MR) is 69.9 cm³/mol. The van der Waals surface area contributed by atoms with Crippen LogP contribution in [-0.4, -0.2) is 55.9 Å². The van der Waals surface area contributed by atoms with Crippen molar-refractivity contribution in [1.82, 2.24) is 5.32 Å². The van der Waals surface area contributed by atoms with Gasteiger partial charge in [0.15, 0.2) is 0 Å². The van der Waals surface area contributed by atoms with Gasteiger partial charge in [0.1, 0.15) is 6.04 Å². The fourth-order valence-corrected chi connectivity index (χ4v) is 1.48. The summed E-state index contributed by atoms with van der Waals surface area (Å²) in [5.74, 6) is -2.31. The Kier molecular flexibility index (Phi) is 9.31. The Bertz CT molecular complexity index is 334. The molecule has 0 aromatic rings. The number of carboxylic acids is 1. The first-order valence-corrected chi connectivity index (χ1v) is 6.26. The van der Waals surface area contributed by atoms with Crippen molar-refractivity contribution in [3.05, 3.63) is 0 Å². The molecule has 8 nitrogen and oxygen atoms in total. The predicted octanol–water partition coefficient (Wildman–Crippen LogP) is -0.737. The Morgan fingerprint density at radius 1 is 1.25 bits per heavy atom. The molecule has 0 aromatic carbocycles. The van der Waals surface area contributed by atoms with E-state index in [0.29, 0.717) is 19.4 Å². The summed E-state index contributed by atoms with van der Waals surface area (Å²) in [4.78, 5) is 33.7. The van der Waals surface area contributed by atoms with Crippen molar-refractivity contribution in [2.75, 3.05) is 20.8 Å². The number of hydrogen-bond donors (Lipinski definition) is 3. The first kappa shape index (κ1) is 18.3. The molecule has 0 rings (SSSR count). The molecular formula is C12H22N2O6. The van der Waals surface area contributed by atoms with E-state index < -0.39 is 29.9 Å². The minimum Gasteiger partial charge on any atom is -0.480 e. The number of carbonyl (C=O) groups excluding carboxylic acids is 2. The molecule has 0 fully saturated rings. The zero-order valence-corrected chi connectivity index (χ0v) is 11.8. The molecule has 0 bridgehead atoms. The van der Waals surface area contributed by atoms with Crippen LogP contribution in [0.5, 0.6) is 0 Å². The van der Waals surface area contributed by atoms with Gasteiger partial charge in [-0.05, 0) is 19.3 Å². The summed E-state index contributed by atoms with van der Waals surface area (Å²) in [5, 5.41) is 11.3. The van der Waals surface area contributed by atoms with Gasteiger partial charge < -0.3 is 25.6 Å². The first-order valence-electron chi connectivity index (χ1n) is 6.26. The van der Waals surface area contributed by atoms with Crippen LogP contribution in [-0.2, 0) is 23.9 Å². The van der Waals surface area contributed by atoms with Crippen LogP contribution < -0.4 is 11.1 Å². The van der Waals surface area contributed by atoms with Crippen molar-refractivity contribution in [3.8, 4) is 0 Å². The van der Waals surface area contributed by atoms with Gasteiger partial charge in [-0.15, -0.1) is 0 Å². The lowest BCUT2D eigenvalue weighted by Gasteiger charge is -2.17. The maximum Gasteiger partial charge on any atom is 0.326 e.